The second-order valence-corrected chi connectivity index (χ2v) is 7.24. The highest BCUT2D eigenvalue weighted by Crippen LogP contribution is 2.24. The van der Waals surface area contributed by atoms with Gasteiger partial charge in [0.2, 0.25) is 5.91 Å². The number of nitrogens with zero attached hydrogens (tertiary/aromatic N) is 5. The lowest BCUT2D eigenvalue weighted by Gasteiger charge is -2.06. The third kappa shape index (κ3) is 3.20. The van der Waals surface area contributed by atoms with E-state index in [1.807, 2.05) is 43.5 Å². The molecule has 1 amide bonds. The van der Waals surface area contributed by atoms with E-state index in [9.17, 15) is 4.79 Å². The minimum Gasteiger partial charge on any atom is -0.301 e. The molecule has 0 unspecified atom stereocenters. The summed E-state index contributed by atoms with van der Waals surface area (Å²) in [5, 5.41) is 11.3. The van der Waals surface area contributed by atoms with Gasteiger partial charge >= 0.3 is 0 Å². The molecule has 0 aliphatic carbocycles. The Morgan fingerprint density at radius 2 is 2.08 bits per heavy atom. The number of rotatable bonds is 4. The van der Waals surface area contributed by atoms with Gasteiger partial charge < -0.3 is 5.32 Å². The van der Waals surface area contributed by atoms with Crippen molar-refractivity contribution in [3.8, 4) is 0 Å². The summed E-state index contributed by atoms with van der Waals surface area (Å²) in [5.74, 6) is 0.764. The third-order valence-corrected chi connectivity index (χ3v) is 5.26. The van der Waals surface area contributed by atoms with E-state index in [2.05, 4.69) is 25.4 Å². The first-order chi connectivity index (χ1) is 12.1. The van der Waals surface area contributed by atoms with Crippen molar-refractivity contribution >= 4 is 50.7 Å². The number of fused-ring (bicyclic) bond motifs is 3. The Balaban J connectivity index is 1.60. The highest BCUT2D eigenvalue weighted by atomic mass is 32.2. The first kappa shape index (κ1) is 16.0. The number of amides is 1. The zero-order chi connectivity index (χ0) is 17.4. The summed E-state index contributed by atoms with van der Waals surface area (Å²) in [6, 6.07) is 7.78. The molecule has 0 atom stereocenters. The number of para-hydroxylation sites is 1. The lowest BCUT2D eigenvalue weighted by molar-refractivity contribution is -0.113. The number of hydrogen-bond acceptors (Lipinski definition) is 7. The molecule has 0 saturated heterocycles. The number of anilines is 1. The first-order valence-corrected chi connectivity index (χ1v) is 9.43. The van der Waals surface area contributed by atoms with E-state index in [-0.39, 0.29) is 11.7 Å². The maximum absolute atomic E-state index is 12.2. The van der Waals surface area contributed by atoms with E-state index in [0.29, 0.717) is 16.1 Å². The molecule has 25 heavy (non-hydrogen) atoms. The Kier molecular flexibility index (Phi) is 4.10. The molecule has 1 N–H and O–H groups in total. The SMILES string of the molecule is Cc1csc(NC(=O)CSc2nc3ccccc3c3nc(C)nn23)n1. The number of nitrogens with one attached hydrogen (secondary N) is 1. The lowest BCUT2D eigenvalue weighted by Crippen LogP contribution is -2.14. The minimum atomic E-state index is -0.126. The van der Waals surface area contributed by atoms with E-state index in [0.717, 1.165) is 22.2 Å². The fourth-order valence-electron chi connectivity index (χ4n) is 2.42. The van der Waals surface area contributed by atoms with E-state index >= 15 is 0 Å². The van der Waals surface area contributed by atoms with Crippen LogP contribution in [0.5, 0.6) is 0 Å². The largest absolute Gasteiger partial charge is 0.301 e. The molecule has 0 spiro atoms. The molecule has 0 aliphatic heterocycles. The van der Waals surface area contributed by atoms with Gasteiger partial charge in [-0.15, -0.1) is 16.4 Å². The summed E-state index contributed by atoms with van der Waals surface area (Å²) >= 11 is 2.74. The van der Waals surface area contributed by atoms with Gasteiger partial charge in [-0.3, -0.25) is 4.79 Å². The standard InChI is InChI=1S/C16H14N6OS2/c1-9-7-24-15(17-9)20-13(23)8-25-16-19-12-6-4-3-5-11(12)14-18-10(2)21-22(14)16/h3-7H,8H2,1-2H3,(H,17,20,23). The highest BCUT2D eigenvalue weighted by molar-refractivity contribution is 7.99. The summed E-state index contributed by atoms with van der Waals surface area (Å²) < 4.78 is 1.70. The molecule has 126 valence electrons. The molecule has 0 fully saturated rings. The van der Waals surface area contributed by atoms with E-state index < -0.39 is 0 Å². The molecule has 7 nitrogen and oxygen atoms in total. The van der Waals surface area contributed by atoms with Crippen molar-refractivity contribution < 1.29 is 4.79 Å². The number of hydrogen-bond donors (Lipinski definition) is 1. The van der Waals surface area contributed by atoms with E-state index in [1.54, 1.807) is 4.52 Å². The van der Waals surface area contributed by atoms with Crippen LogP contribution >= 0.6 is 23.1 Å². The molecule has 3 heterocycles. The van der Waals surface area contributed by atoms with E-state index in [1.165, 1.54) is 23.1 Å². The number of thiazole rings is 1. The lowest BCUT2D eigenvalue weighted by atomic mass is 10.2. The molecule has 0 saturated carbocycles. The molecule has 1 aromatic carbocycles. The minimum absolute atomic E-state index is 0.126. The summed E-state index contributed by atoms with van der Waals surface area (Å²) in [4.78, 5) is 25.5. The molecular formula is C16H14N6OS2. The van der Waals surface area contributed by atoms with Gasteiger partial charge in [0.1, 0.15) is 5.82 Å². The van der Waals surface area contributed by atoms with Crippen LogP contribution in [0.3, 0.4) is 0 Å². The zero-order valence-electron chi connectivity index (χ0n) is 13.6. The van der Waals surface area contributed by atoms with Crippen LogP contribution in [-0.2, 0) is 4.79 Å². The summed E-state index contributed by atoms with van der Waals surface area (Å²) in [7, 11) is 0. The number of aryl methyl sites for hydroxylation is 2. The van der Waals surface area contributed by atoms with Crippen LogP contribution < -0.4 is 5.32 Å². The van der Waals surface area contributed by atoms with Crippen molar-refractivity contribution in [3.05, 3.63) is 41.2 Å². The number of carbonyl (C=O) groups is 1. The summed E-state index contributed by atoms with van der Waals surface area (Å²) in [6.45, 7) is 3.73. The van der Waals surface area contributed by atoms with Crippen LogP contribution in [-0.4, -0.2) is 36.2 Å². The molecule has 4 rings (SSSR count). The summed E-state index contributed by atoms with van der Waals surface area (Å²) in [5.41, 5.74) is 2.48. The molecule has 4 aromatic rings. The Morgan fingerprint density at radius 3 is 2.88 bits per heavy atom. The van der Waals surface area contributed by atoms with Crippen LogP contribution in [0.2, 0.25) is 0 Å². The van der Waals surface area contributed by atoms with Crippen LogP contribution in [0.4, 0.5) is 5.13 Å². The Morgan fingerprint density at radius 1 is 1.24 bits per heavy atom. The quantitative estimate of drug-likeness (QED) is 0.439. The summed E-state index contributed by atoms with van der Waals surface area (Å²) in [6.07, 6.45) is 0. The van der Waals surface area contributed by atoms with Gasteiger partial charge in [0.05, 0.1) is 17.0 Å². The Bertz CT molecular complexity index is 1090. The smallest absolute Gasteiger partial charge is 0.236 e. The monoisotopic (exact) mass is 370 g/mol. The molecule has 0 radical (unpaired) electrons. The third-order valence-electron chi connectivity index (χ3n) is 3.45. The Labute approximate surface area is 151 Å². The topological polar surface area (TPSA) is 85.1 Å². The second kappa shape index (κ2) is 6.41. The van der Waals surface area contributed by atoms with Crippen molar-refractivity contribution in [2.45, 2.75) is 19.0 Å². The van der Waals surface area contributed by atoms with Crippen molar-refractivity contribution in [1.29, 1.82) is 0 Å². The fraction of sp³-hybridized carbons (Fsp3) is 0.188. The first-order valence-electron chi connectivity index (χ1n) is 7.57. The maximum atomic E-state index is 12.2. The molecule has 0 aliphatic rings. The van der Waals surface area contributed by atoms with Gasteiger partial charge in [0.25, 0.3) is 0 Å². The second-order valence-electron chi connectivity index (χ2n) is 5.44. The van der Waals surface area contributed by atoms with Gasteiger partial charge in [0.15, 0.2) is 15.9 Å². The number of thioether (sulfide) groups is 1. The fourth-order valence-corrected chi connectivity index (χ4v) is 3.87. The van der Waals surface area contributed by atoms with Crippen molar-refractivity contribution in [2.24, 2.45) is 0 Å². The average Bonchev–Trinajstić information content (AvgIpc) is 3.18. The molecule has 3 aromatic heterocycles. The van der Waals surface area contributed by atoms with Gasteiger partial charge in [-0.2, -0.15) is 4.52 Å². The predicted octanol–water partition coefficient (Wildman–Crippen LogP) is 3.08. The number of aromatic nitrogens is 5. The van der Waals surface area contributed by atoms with Gasteiger partial charge in [0, 0.05) is 10.8 Å². The Hall–Kier alpha value is -2.52. The zero-order valence-corrected chi connectivity index (χ0v) is 15.2. The average molecular weight is 370 g/mol. The highest BCUT2D eigenvalue weighted by Gasteiger charge is 2.14. The van der Waals surface area contributed by atoms with Crippen LogP contribution in [0.25, 0.3) is 16.6 Å². The molecule has 9 heteroatoms. The molecular weight excluding hydrogens is 356 g/mol. The van der Waals surface area contributed by atoms with Crippen LogP contribution in [0, 0.1) is 13.8 Å². The van der Waals surface area contributed by atoms with Crippen molar-refractivity contribution in [2.75, 3.05) is 11.1 Å². The van der Waals surface area contributed by atoms with Gasteiger partial charge in [-0.05, 0) is 26.0 Å². The van der Waals surface area contributed by atoms with Crippen LogP contribution in [0.1, 0.15) is 11.5 Å². The number of carbonyl (C=O) groups excluding carboxylic acids is 1. The predicted molar refractivity (Wildman–Crippen MR) is 99.2 cm³/mol. The maximum Gasteiger partial charge on any atom is 0.236 e. The van der Waals surface area contributed by atoms with Crippen molar-refractivity contribution in [1.82, 2.24) is 24.6 Å². The van der Waals surface area contributed by atoms with Gasteiger partial charge in [-0.25, -0.2) is 15.0 Å². The molecule has 0 bridgehead atoms. The van der Waals surface area contributed by atoms with Crippen molar-refractivity contribution in [3.63, 3.8) is 0 Å². The van der Waals surface area contributed by atoms with Crippen LogP contribution in [0.15, 0.2) is 34.8 Å². The van der Waals surface area contributed by atoms with E-state index in [4.69, 9.17) is 0 Å². The number of benzene rings is 1. The normalized spacial score (nSPS) is 11.3. The van der Waals surface area contributed by atoms with Gasteiger partial charge in [-0.1, -0.05) is 23.9 Å².